The summed E-state index contributed by atoms with van der Waals surface area (Å²) in [5.41, 5.74) is 1.62. The number of rotatable bonds is 6. The molecule has 1 heterocycles. The molecule has 2 aromatic carbocycles. The van der Waals surface area contributed by atoms with Crippen molar-refractivity contribution in [3.8, 4) is 28.1 Å². The number of ether oxygens (including phenoxy) is 1. The summed E-state index contributed by atoms with van der Waals surface area (Å²) in [7, 11) is 0. The van der Waals surface area contributed by atoms with E-state index in [1.54, 1.807) is 42.5 Å². The molecule has 0 unspecified atom stereocenters. The second kappa shape index (κ2) is 8.94. The van der Waals surface area contributed by atoms with Crippen LogP contribution in [0.1, 0.15) is 29.9 Å². The van der Waals surface area contributed by atoms with E-state index < -0.39 is 11.4 Å². The van der Waals surface area contributed by atoms with E-state index in [-0.39, 0.29) is 10.6 Å². The fraction of sp³-hybridized carbons (Fsp3) is 0.217. The van der Waals surface area contributed by atoms with Crippen molar-refractivity contribution in [3.63, 3.8) is 0 Å². The van der Waals surface area contributed by atoms with Gasteiger partial charge in [-0.25, -0.2) is 4.79 Å². The maximum atomic E-state index is 13.4. The van der Waals surface area contributed by atoms with Gasteiger partial charge < -0.3 is 14.4 Å². The van der Waals surface area contributed by atoms with E-state index in [9.17, 15) is 14.7 Å². The lowest BCUT2D eigenvalue weighted by Gasteiger charge is -2.21. The van der Waals surface area contributed by atoms with Crippen molar-refractivity contribution in [1.29, 1.82) is 0 Å². The Balaban J connectivity index is 2.35. The summed E-state index contributed by atoms with van der Waals surface area (Å²) < 4.78 is 7.28. The van der Waals surface area contributed by atoms with Gasteiger partial charge in [-0.3, -0.25) is 4.79 Å². The number of carboxylic acids is 1. The number of halogens is 2. The zero-order valence-electron chi connectivity index (χ0n) is 16.8. The van der Waals surface area contributed by atoms with Crippen LogP contribution in [0.3, 0.4) is 0 Å². The monoisotopic (exact) mass is 445 g/mol. The van der Waals surface area contributed by atoms with Crippen molar-refractivity contribution >= 4 is 29.2 Å². The van der Waals surface area contributed by atoms with E-state index in [0.29, 0.717) is 52.0 Å². The molecule has 30 heavy (non-hydrogen) atoms. The predicted octanol–water partition coefficient (Wildman–Crippen LogP) is 5.91. The first-order valence-electron chi connectivity index (χ1n) is 9.49. The Morgan fingerprint density at radius 2 is 1.67 bits per heavy atom. The highest BCUT2D eigenvalue weighted by Gasteiger charge is 2.25. The highest BCUT2D eigenvalue weighted by molar-refractivity contribution is 6.42. The summed E-state index contributed by atoms with van der Waals surface area (Å²) in [5.74, 6) is -0.615. The largest absolute Gasteiger partial charge is 0.494 e. The minimum absolute atomic E-state index is 0.286. The minimum atomic E-state index is -1.30. The third-order valence-corrected chi connectivity index (χ3v) is 5.64. The second-order valence-electron chi connectivity index (χ2n) is 6.65. The molecule has 0 aliphatic rings. The van der Waals surface area contributed by atoms with Gasteiger partial charge in [0.2, 0.25) is 5.43 Å². The van der Waals surface area contributed by atoms with Gasteiger partial charge in [-0.2, -0.15) is 0 Å². The van der Waals surface area contributed by atoms with Gasteiger partial charge >= 0.3 is 5.97 Å². The number of carboxylic acid groups (broad SMARTS) is 1. The number of pyridine rings is 1. The van der Waals surface area contributed by atoms with Crippen molar-refractivity contribution in [2.45, 2.75) is 27.3 Å². The molecule has 0 saturated heterocycles. The van der Waals surface area contributed by atoms with Crippen LogP contribution >= 0.6 is 23.2 Å². The Labute approximate surface area is 184 Å². The molecule has 0 aliphatic heterocycles. The maximum absolute atomic E-state index is 13.4. The van der Waals surface area contributed by atoms with Crippen LogP contribution in [-0.2, 0) is 6.54 Å². The molecule has 0 spiro atoms. The van der Waals surface area contributed by atoms with Crippen LogP contribution in [0.15, 0.2) is 47.3 Å². The van der Waals surface area contributed by atoms with Crippen LogP contribution < -0.4 is 10.2 Å². The van der Waals surface area contributed by atoms with Crippen LogP contribution in [0.2, 0.25) is 10.0 Å². The van der Waals surface area contributed by atoms with Crippen LogP contribution in [0.4, 0.5) is 0 Å². The Morgan fingerprint density at radius 1 is 1.03 bits per heavy atom. The molecule has 156 valence electrons. The lowest BCUT2D eigenvalue weighted by molar-refractivity contribution is 0.0695. The highest BCUT2D eigenvalue weighted by atomic mass is 35.5. The predicted molar refractivity (Wildman–Crippen MR) is 120 cm³/mol. The van der Waals surface area contributed by atoms with Gasteiger partial charge in [0.15, 0.2) is 0 Å². The molecule has 0 radical (unpaired) electrons. The first-order valence-corrected chi connectivity index (χ1v) is 10.2. The van der Waals surface area contributed by atoms with E-state index in [0.717, 1.165) is 0 Å². The zero-order valence-corrected chi connectivity index (χ0v) is 18.3. The highest BCUT2D eigenvalue weighted by Crippen LogP contribution is 2.33. The summed E-state index contributed by atoms with van der Waals surface area (Å²) in [6.45, 7) is 6.59. The number of hydrogen-bond donors (Lipinski definition) is 1. The van der Waals surface area contributed by atoms with Crippen molar-refractivity contribution in [3.05, 3.63) is 74.0 Å². The van der Waals surface area contributed by atoms with Crippen LogP contribution in [-0.4, -0.2) is 22.2 Å². The van der Waals surface area contributed by atoms with Crippen LogP contribution in [0.25, 0.3) is 22.4 Å². The number of benzene rings is 2. The van der Waals surface area contributed by atoms with Gasteiger partial charge in [-0.15, -0.1) is 0 Å². The average Bonchev–Trinajstić information content (AvgIpc) is 2.71. The Hall–Kier alpha value is -2.76. The smallest absolute Gasteiger partial charge is 0.341 e. The van der Waals surface area contributed by atoms with Crippen LogP contribution in [0.5, 0.6) is 5.75 Å². The molecule has 0 amide bonds. The maximum Gasteiger partial charge on any atom is 0.341 e. The third-order valence-electron chi connectivity index (χ3n) is 4.90. The van der Waals surface area contributed by atoms with Crippen molar-refractivity contribution < 1.29 is 14.6 Å². The van der Waals surface area contributed by atoms with Gasteiger partial charge in [0.05, 0.1) is 22.3 Å². The second-order valence-corrected chi connectivity index (χ2v) is 7.46. The molecule has 3 aromatic rings. The Kier molecular flexibility index (Phi) is 6.54. The summed E-state index contributed by atoms with van der Waals surface area (Å²) in [4.78, 5) is 25.5. The average molecular weight is 446 g/mol. The molecule has 1 aromatic heterocycles. The van der Waals surface area contributed by atoms with Gasteiger partial charge in [-0.1, -0.05) is 41.4 Å². The van der Waals surface area contributed by atoms with Crippen LogP contribution in [0, 0.1) is 6.92 Å². The van der Waals surface area contributed by atoms with Gasteiger partial charge in [0, 0.05) is 23.4 Å². The normalized spacial score (nSPS) is 10.8. The lowest BCUT2D eigenvalue weighted by Crippen LogP contribution is -2.25. The molecular formula is C23H21Cl2NO4. The summed E-state index contributed by atoms with van der Waals surface area (Å²) in [6.07, 6.45) is 0. The van der Waals surface area contributed by atoms with Crippen molar-refractivity contribution in [2.75, 3.05) is 6.61 Å². The Morgan fingerprint density at radius 3 is 2.20 bits per heavy atom. The molecule has 0 bridgehead atoms. The fourth-order valence-electron chi connectivity index (χ4n) is 3.60. The molecular weight excluding hydrogens is 425 g/mol. The molecule has 1 N–H and O–H groups in total. The van der Waals surface area contributed by atoms with Gasteiger partial charge in [0.25, 0.3) is 0 Å². The van der Waals surface area contributed by atoms with E-state index in [1.807, 2.05) is 25.3 Å². The number of aromatic carboxylic acids is 1. The molecule has 3 rings (SSSR count). The van der Waals surface area contributed by atoms with Crippen molar-refractivity contribution in [2.24, 2.45) is 0 Å². The number of nitrogens with zero attached hydrogens (tertiary/aromatic N) is 1. The summed E-state index contributed by atoms with van der Waals surface area (Å²) in [6, 6.07) is 11.9. The summed E-state index contributed by atoms with van der Waals surface area (Å²) in [5, 5.41) is 10.6. The Bertz CT molecular complexity index is 1170. The standard InChI is InChI=1S/C23H21Cl2NO4/c1-4-26-13(3)19(14-6-9-16(10-7-14)30-5-2)22(27)20(23(28)29)21(26)15-8-11-17(24)18(25)12-15/h6-12H,4-5H2,1-3H3,(H,28,29). The van der Waals surface area contributed by atoms with Crippen molar-refractivity contribution in [1.82, 2.24) is 4.57 Å². The molecule has 7 heteroatoms. The molecule has 0 aliphatic carbocycles. The number of aromatic nitrogens is 1. The number of hydrogen-bond acceptors (Lipinski definition) is 3. The van der Waals surface area contributed by atoms with Gasteiger partial charge in [0.1, 0.15) is 11.3 Å². The molecule has 5 nitrogen and oxygen atoms in total. The van der Waals surface area contributed by atoms with E-state index in [4.69, 9.17) is 27.9 Å². The third kappa shape index (κ3) is 3.95. The molecule has 0 fully saturated rings. The van der Waals surface area contributed by atoms with E-state index in [1.165, 1.54) is 0 Å². The molecule has 0 atom stereocenters. The SMILES string of the molecule is CCOc1ccc(-c2c(C)n(CC)c(-c3ccc(Cl)c(Cl)c3)c(C(=O)O)c2=O)cc1. The molecule has 0 saturated carbocycles. The fourth-order valence-corrected chi connectivity index (χ4v) is 3.89. The zero-order chi connectivity index (χ0) is 22.0. The number of carbonyl (C=O) groups is 1. The van der Waals surface area contributed by atoms with E-state index >= 15 is 0 Å². The van der Waals surface area contributed by atoms with Gasteiger partial charge in [-0.05, 0) is 50.6 Å². The summed E-state index contributed by atoms with van der Waals surface area (Å²) >= 11 is 12.2. The first-order chi connectivity index (χ1) is 14.3. The quantitative estimate of drug-likeness (QED) is 0.511. The topological polar surface area (TPSA) is 68.5 Å². The minimum Gasteiger partial charge on any atom is -0.494 e. The van der Waals surface area contributed by atoms with E-state index in [2.05, 4.69) is 0 Å². The first kappa shape index (κ1) is 21.9. The lowest BCUT2D eigenvalue weighted by atomic mass is 9.96.